The second-order valence-corrected chi connectivity index (χ2v) is 4.37. The Balaban J connectivity index is 2.44. The van der Waals surface area contributed by atoms with Crippen LogP contribution in [0.2, 0.25) is 0 Å². The van der Waals surface area contributed by atoms with E-state index < -0.39 is 11.1 Å². The molecule has 0 aliphatic carbocycles. The van der Waals surface area contributed by atoms with Gasteiger partial charge in [-0.25, -0.2) is 0 Å². The van der Waals surface area contributed by atoms with E-state index in [1.807, 2.05) is 6.07 Å². The fraction of sp³-hybridized carbons (Fsp3) is 0.0714. The third-order valence-corrected chi connectivity index (χ3v) is 3.23. The molecule has 2 aromatic heterocycles. The first-order valence-corrected chi connectivity index (χ1v) is 6.07. The van der Waals surface area contributed by atoms with Crippen LogP contribution in [-0.4, -0.2) is 22.3 Å². The van der Waals surface area contributed by atoms with Gasteiger partial charge >= 0.3 is 0 Å². The van der Waals surface area contributed by atoms with E-state index in [2.05, 4.69) is 15.2 Å². The molecule has 0 aliphatic rings. The third kappa shape index (κ3) is 1.90. The molecular weight excluding hydrogens is 272 g/mol. The molecule has 0 aliphatic heterocycles. The summed E-state index contributed by atoms with van der Waals surface area (Å²) in [5.41, 5.74) is 0.108. The first-order chi connectivity index (χ1) is 10.2. The molecule has 3 N–H and O–H groups in total. The minimum Gasteiger partial charge on any atom is -0.497 e. The van der Waals surface area contributed by atoms with E-state index in [9.17, 15) is 14.9 Å². The van der Waals surface area contributed by atoms with Crippen LogP contribution < -0.4 is 15.9 Å². The molecule has 0 saturated carbocycles. The number of H-pyrrole nitrogens is 3. The molecule has 0 amide bonds. The minimum absolute atomic E-state index is 0.0993. The van der Waals surface area contributed by atoms with Gasteiger partial charge in [0.15, 0.2) is 0 Å². The Kier molecular flexibility index (Phi) is 2.84. The van der Waals surface area contributed by atoms with E-state index in [1.54, 1.807) is 24.3 Å². The maximum absolute atomic E-state index is 12.0. The molecule has 0 bridgehead atoms. The highest BCUT2D eigenvalue weighted by molar-refractivity contribution is 5.95. The van der Waals surface area contributed by atoms with Crippen LogP contribution in [0.1, 0.15) is 5.56 Å². The molecule has 21 heavy (non-hydrogen) atoms. The molecule has 0 radical (unpaired) electrons. The second kappa shape index (κ2) is 4.68. The van der Waals surface area contributed by atoms with E-state index >= 15 is 0 Å². The summed E-state index contributed by atoms with van der Waals surface area (Å²) in [6, 6.07) is 8.65. The SMILES string of the molecule is COc1ccc(-c2c(C#N)c(=O)[nH]c3[nH][nH]c(=O)c23)cc1. The molecule has 1 aromatic carbocycles. The number of hydrogen-bond donors (Lipinski definition) is 3. The molecule has 0 saturated heterocycles. The van der Waals surface area contributed by atoms with Gasteiger partial charge in [-0.15, -0.1) is 0 Å². The minimum atomic E-state index is -0.550. The van der Waals surface area contributed by atoms with Gasteiger partial charge < -0.3 is 9.72 Å². The van der Waals surface area contributed by atoms with Crippen molar-refractivity contribution >= 4 is 11.0 Å². The number of rotatable bonds is 2. The average molecular weight is 282 g/mol. The predicted molar refractivity (Wildman–Crippen MR) is 76.2 cm³/mol. The van der Waals surface area contributed by atoms with E-state index in [-0.39, 0.29) is 16.6 Å². The lowest BCUT2D eigenvalue weighted by Gasteiger charge is -2.06. The highest BCUT2D eigenvalue weighted by atomic mass is 16.5. The fourth-order valence-electron chi connectivity index (χ4n) is 2.26. The number of nitrogens with one attached hydrogen (secondary N) is 3. The number of fused-ring (bicyclic) bond motifs is 1. The number of aromatic nitrogens is 3. The van der Waals surface area contributed by atoms with E-state index in [4.69, 9.17) is 4.74 Å². The van der Waals surface area contributed by atoms with Crippen molar-refractivity contribution in [2.45, 2.75) is 0 Å². The number of nitriles is 1. The molecule has 2 heterocycles. The van der Waals surface area contributed by atoms with Crippen LogP contribution in [0.5, 0.6) is 5.75 Å². The number of benzene rings is 1. The summed E-state index contributed by atoms with van der Waals surface area (Å²) in [6.07, 6.45) is 0. The van der Waals surface area contributed by atoms with Gasteiger partial charge in [0, 0.05) is 5.56 Å². The quantitative estimate of drug-likeness (QED) is 0.652. The van der Waals surface area contributed by atoms with E-state index in [0.29, 0.717) is 16.9 Å². The van der Waals surface area contributed by atoms with Crippen molar-refractivity contribution in [2.75, 3.05) is 7.11 Å². The Labute approximate surface area is 117 Å². The number of ether oxygens (including phenoxy) is 1. The third-order valence-electron chi connectivity index (χ3n) is 3.23. The number of aromatic amines is 3. The molecule has 104 valence electrons. The fourth-order valence-corrected chi connectivity index (χ4v) is 2.26. The van der Waals surface area contributed by atoms with E-state index in [1.165, 1.54) is 7.11 Å². The van der Waals surface area contributed by atoms with Crippen molar-refractivity contribution < 1.29 is 4.74 Å². The van der Waals surface area contributed by atoms with Crippen molar-refractivity contribution in [1.82, 2.24) is 15.2 Å². The smallest absolute Gasteiger partial charge is 0.274 e. The van der Waals surface area contributed by atoms with Crippen molar-refractivity contribution in [1.29, 1.82) is 5.26 Å². The lowest BCUT2D eigenvalue weighted by molar-refractivity contribution is 0.415. The number of nitrogens with zero attached hydrogens (tertiary/aromatic N) is 1. The largest absolute Gasteiger partial charge is 0.497 e. The van der Waals surface area contributed by atoms with Gasteiger partial charge in [0.1, 0.15) is 23.0 Å². The normalized spacial score (nSPS) is 10.5. The summed E-state index contributed by atoms with van der Waals surface area (Å²) in [4.78, 5) is 26.4. The van der Waals surface area contributed by atoms with Gasteiger partial charge in [0.05, 0.1) is 12.5 Å². The standard InChI is InChI=1S/C14H10N4O3/c1-21-8-4-2-7(3-5-8)10-9(6-15)13(19)16-12-11(10)14(20)18-17-12/h2-5H,1H3,(H3,16,17,18,19,20). The maximum atomic E-state index is 12.0. The zero-order valence-corrected chi connectivity index (χ0v) is 11.0. The van der Waals surface area contributed by atoms with Crippen LogP contribution in [0.4, 0.5) is 0 Å². The van der Waals surface area contributed by atoms with Gasteiger partial charge in [-0.1, -0.05) is 12.1 Å². The Morgan fingerprint density at radius 1 is 1.10 bits per heavy atom. The highest BCUT2D eigenvalue weighted by Gasteiger charge is 2.17. The Hall–Kier alpha value is -3.27. The van der Waals surface area contributed by atoms with Crippen molar-refractivity contribution in [3.05, 3.63) is 50.5 Å². The summed E-state index contributed by atoms with van der Waals surface area (Å²) < 4.78 is 5.07. The van der Waals surface area contributed by atoms with Crippen molar-refractivity contribution in [3.8, 4) is 22.9 Å². The van der Waals surface area contributed by atoms with Crippen LogP contribution >= 0.6 is 0 Å². The Morgan fingerprint density at radius 2 is 1.81 bits per heavy atom. The van der Waals surface area contributed by atoms with Gasteiger partial charge in [-0.05, 0) is 17.7 Å². The molecule has 7 heteroatoms. The Bertz CT molecular complexity index is 971. The maximum Gasteiger partial charge on any atom is 0.274 e. The first-order valence-electron chi connectivity index (χ1n) is 6.07. The summed E-state index contributed by atoms with van der Waals surface area (Å²) in [5, 5.41) is 14.5. The van der Waals surface area contributed by atoms with Crippen LogP contribution in [0.15, 0.2) is 33.9 Å². The lowest BCUT2D eigenvalue weighted by Crippen LogP contribution is -2.13. The van der Waals surface area contributed by atoms with Crippen LogP contribution in [0.25, 0.3) is 22.2 Å². The van der Waals surface area contributed by atoms with Crippen LogP contribution in [0.3, 0.4) is 0 Å². The molecule has 0 spiro atoms. The number of hydrogen-bond acceptors (Lipinski definition) is 4. The van der Waals surface area contributed by atoms with Gasteiger partial charge in [-0.3, -0.25) is 19.8 Å². The zero-order chi connectivity index (χ0) is 15.0. The summed E-state index contributed by atoms with van der Waals surface area (Å²) in [5.74, 6) is 0.640. The van der Waals surface area contributed by atoms with Gasteiger partial charge in [0.2, 0.25) is 0 Å². The predicted octanol–water partition coefficient (Wildman–Crippen LogP) is 1.09. The summed E-state index contributed by atoms with van der Waals surface area (Å²) in [6.45, 7) is 0. The lowest BCUT2D eigenvalue weighted by atomic mass is 9.99. The topological polar surface area (TPSA) is 115 Å². The molecule has 3 rings (SSSR count). The van der Waals surface area contributed by atoms with Gasteiger partial charge in [-0.2, -0.15) is 5.26 Å². The molecule has 0 unspecified atom stereocenters. The summed E-state index contributed by atoms with van der Waals surface area (Å²) >= 11 is 0. The number of pyridine rings is 1. The molecule has 0 fully saturated rings. The van der Waals surface area contributed by atoms with Crippen molar-refractivity contribution in [3.63, 3.8) is 0 Å². The van der Waals surface area contributed by atoms with E-state index in [0.717, 1.165) is 0 Å². The Morgan fingerprint density at radius 3 is 2.43 bits per heavy atom. The van der Waals surface area contributed by atoms with Gasteiger partial charge in [0.25, 0.3) is 11.1 Å². The van der Waals surface area contributed by atoms with Crippen LogP contribution in [0, 0.1) is 11.3 Å². The second-order valence-electron chi connectivity index (χ2n) is 4.37. The van der Waals surface area contributed by atoms with Crippen LogP contribution in [-0.2, 0) is 0 Å². The summed E-state index contributed by atoms with van der Waals surface area (Å²) in [7, 11) is 1.54. The van der Waals surface area contributed by atoms with Crippen molar-refractivity contribution in [2.24, 2.45) is 0 Å². The molecule has 3 aromatic rings. The number of methoxy groups -OCH3 is 1. The highest BCUT2D eigenvalue weighted by Crippen LogP contribution is 2.27. The molecule has 7 nitrogen and oxygen atoms in total. The monoisotopic (exact) mass is 282 g/mol. The average Bonchev–Trinajstić information content (AvgIpc) is 2.87. The zero-order valence-electron chi connectivity index (χ0n) is 11.0. The molecule has 0 atom stereocenters. The molecular formula is C14H10N4O3. The first kappa shape index (κ1) is 12.7.